The fraction of sp³-hybridized carbons (Fsp3) is 0.458. The van der Waals surface area contributed by atoms with Crippen molar-refractivity contribution in [2.24, 2.45) is 5.16 Å². The number of hydrogen-bond donors (Lipinski definition) is 7. The van der Waals surface area contributed by atoms with E-state index in [9.17, 15) is 27.9 Å². The molecule has 0 radical (unpaired) electrons. The number of rotatable bonds is 13. The zero-order valence-electron chi connectivity index (χ0n) is 23.9. The fourth-order valence-corrected chi connectivity index (χ4v) is 5.24. The highest BCUT2D eigenvalue weighted by Crippen LogP contribution is 2.33. The number of carbonyl (C=O) groups excluding carboxylic acids is 2. The Kier molecular flexibility index (Phi) is 10.2. The molecular formula is C24H31N9O10S2. The summed E-state index contributed by atoms with van der Waals surface area (Å²) in [6.07, 6.45) is 0.246. The number of amides is 2. The zero-order chi connectivity index (χ0) is 32.9. The Morgan fingerprint density at radius 3 is 2.58 bits per heavy atom. The third kappa shape index (κ3) is 8.39. The molecule has 2 aliphatic heterocycles. The number of nitrogens with one attached hydrogen (secondary N) is 4. The van der Waals surface area contributed by atoms with Gasteiger partial charge in [0.05, 0.1) is 5.54 Å². The van der Waals surface area contributed by atoms with E-state index in [0.29, 0.717) is 22.2 Å². The first-order valence-corrected chi connectivity index (χ1v) is 15.5. The van der Waals surface area contributed by atoms with Crippen LogP contribution in [-0.4, -0.2) is 105 Å². The van der Waals surface area contributed by atoms with E-state index in [1.54, 1.807) is 24.3 Å². The third-order valence-electron chi connectivity index (χ3n) is 6.73. The van der Waals surface area contributed by atoms with E-state index < -0.39 is 58.2 Å². The number of amidine groups is 1. The van der Waals surface area contributed by atoms with Crippen LogP contribution in [0, 0.1) is 5.41 Å². The van der Waals surface area contributed by atoms with Crippen LogP contribution in [0.3, 0.4) is 0 Å². The van der Waals surface area contributed by atoms with Crippen LogP contribution in [0.1, 0.15) is 38.1 Å². The maximum Gasteiger partial charge on any atom is 0.418 e. The Bertz CT molecular complexity index is 1570. The summed E-state index contributed by atoms with van der Waals surface area (Å²) in [5.74, 6) is -3.42. The lowest BCUT2D eigenvalue weighted by molar-refractivity contribution is -0.218. The average molecular weight is 670 g/mol. The van der Waals surface area contributed by atoms with Gasteiger partial charge in [-0.15, -0.1) is 4.28 Å². The summed E-state index contributed by atoms with van der Waals surface area (Å²) < 4.78 is 44.7. The van der Waals surface area contributed by atoms with Crippen LogP contribution in [0.15, 0.2) is 29.4 Å². The number of nitrogens with zero attached hydrogens (tertiary/aromatic N) is 4. The van der Waals surface area contributed by atoms with Crippen LogP contribution < -0.4 is 26.4 Å². The highest BCUT2D eigenvalue weighted by molar-refractivity contribution is 7.80. The number of nitrogens with two attached hydrogens (primary N) is 1. The fourth-order valence-electron chi connectivity index (χ4n) is 4.35. The second kappa shape index (κ2) is 13.7. The first kappa shape index (κ1) is 33.5. The van der Waals surface area contributed by atoms with Crippen molar-refractivity contribution in [3.63, 3.8) is 0 Å². The van der Waals surface area contributed by atoms with E-state index in [4.69, 9.17) is 25.3 Å². The summed E-state index contributed by atoms with van der Waals surface area (Å²) in [6.45, 7) is 3.85. The quantitative estimate of drug-likeness (QED) is 0.0437. The Hall–Kier alpha value is -4.44. The largest absolute Gasteiger partial charge is 0.489 e. The molecule has 2 fully saturated rings. The number of aromatic nitrogens is 2. The third-order valence-corrected chi connectivity index (χ3v) is 7.61. The van der Waals surface area contributed by atoms with Crippen LogP contribution in [0.4, 0.5) is 5.13 Å². The van der Waals surface area contributed by atoms with Gasteiger partial charge in [0.25, 0.3) is 17.9 Å². The number of hydroxylamine groups is 2. The van der Waals surface area contributed by atoms with Gasteiger partial charge in [-0.3, -0.25) is 19.6 Å². The van der Waals surface area contributed by atoms with Crippen LogP contribution in [0.25, 0.3) is 0 Å². The molecule has 1 unspecified atom stereocenters. The second-order valence-electron chi connectivity index (χ2n) is 10.4. The minimum absolute atomic E-state index is 0.0569. The van der Waals surface area contributed by atoms with Crippen LogP contribution in [0.2, 0.25) is 0 Å². The summed E-state index contributed by atoms with van der Waals surface area (Å²) in [4.78, 5) is 46.5. The van der Waals surface area contributed by atoms with Crippen LogP contribution in [0.5, 0.6) is 5.75 Å². The SMILES string of the molecule is CC1(C)[C@H](NC(=O)/C(=N\OC(COc2ccc(C(=N)N[C@@H]3CCCNC3)cc2)C(=O)O)c2nsc(N)n2)C(=O)N1OS(=O)(=O)O. The molecule has 2 aliphatic rings. The molecule has 3 heterocycles. The minimum atomic E-state index is -5.03. The molecule has 0 saturated carbocycles. The minimum Gasteiger partial charge on any atom is -0.489 e. The Balaban J connectivity index is 1.41. The van der Waals surface area contributed by atoms with Crippen molar-refractivity contribution < 1.29 is 46.3 Å². The first-order valence-electron chi connectivity index (χ1n) is 13.3. The summed E-state index contributed by atoms with van der Waals surface area (Å²) >= 11 is 0.704. The average Bonchev–Trinajstić information content (AvgIpc) is 3.41. The van der Waals surface area contributed by atoms with Crippen molar-refractivity contribution in [3.05, 3.63) is 35.7 Å². The molecule has 2 amide bonds. The number of oxime groups is 1. The van der Waals surface area contributed by atoms with Gasteiger partial charge in [-0.1, -0.05) is 5.16 Å². The van der Waals surface area contributed by atoms with E-state index in [-0.39, 0.29) is 28.6 Å². The van der Waals surface area contributed by atoms with Gasteiger partial charge >= 0.3 is 16.4 Å². The molecule has 2 aromatic rings. The molecule has 0 bridgehead atoms. The molecule has 0 spiro atoms. The van der Waals surface area contributed by atoms with E-state index in [0.717, 1.165) is 25.9 Å². The van der Waals surface area contributed by atoms with E-state index in [2.05, 4.69) is 34.7 Å². The molecular weight excluding hydrogens is 638 g/mol. The molecule has 2 saturated heterocycles. The van der Waals surface area contributed by atoms with Gasteiger partial charge < -0.3 is 36.4 Å². The summed E-state index contributed by atoms with van der Waals surface area (Å²) in [5, 5.41) is 30.6. The lowest BCUT2D eigenvalue weighted by atomic mass is 9.84. The first-order chi connectivity index (χ1) is 21.2. The van der Waals surface area contributed by atoms with Gasteiger partial charge in [-0.2, -0.15) is 22.8 Å². The number of carboxylic acid groups (broad SMARTS) is 1. The number of benzene rings is 1. The molecule has 8 N–H and O–H groups in total. The van der Waals surface area contributed by atoms with Gasteiger partial charge in [0.2, 0.25) is 11.5 Å². The van der Waals surface area contributed by atoms with Crippen molar-refractivity contribution in [2.45, 2.75) is 50.4 Å². The Labute approximate surface area is 260 Å². The number of carbonyl (C=O) groups is 3. The van der Waals surface area contributed by atoms with Crippen molar-refractivity contribution >= 4 is 56.4 Å². The van der Waals surface area contributed by atoms with Crippen LogP contribution >= 0.6 is 11.5 Å². The van der Waals surface area contributed by atoms with E-state index >= 15 is 0 Å². The predicted molar refractivity (Wildman–Crippen MR) is 157 cm³/mol. The van der Waals surface area contributed by atoms with Crippen molar-refractivity contribution in [1.82, 2.24) is 30.4 Å². The number of carboxylic acids is 1. The zero-order valence-corrected chi connectivity index (χ0v) is 25.6. The number of hydrogen-bond acceptors (Lipinski definition) is 15. The highest BCUT2D eigenvalue weighted by Gasteiger charge is 2.58. The summed E-state index contributed by atoms with van der Waals surface area (Å²) in [5.41, 5.74) is 4.13. The maximum absolute atomic E-state index is 13.1. The van der Waals surface area contributed by atoms with Gasteiger partial charge in [-0.25, -0.2) is 4.79 Å². The molecule has 244 valence electrons. The number of piperidine rings is 1. The standard InChI is InChI=1S/C24H31N9O10S2/c1-24(2)17(21(35)33(24)43-45(38,39)40)29-20(34)16(19-30-23(26)44-32-19)31-42-15(22(36)37)11-41-14-7-5-12(6-8-14)18(25)28-13-4-3-9-27-10-13/h5-8,13,15,17,27H,3-4,9-11H2,1-2H3,(H2,25,28)(H,29,34)(H,36,37)(H2,26,30,32)(H,38,39,40)/b31-16-/t13-,15?,17-/m1/s1. The molecule has 0 aliphatic carbocycles. The Morgan fingerprint density at radius 2 is 2.02 bits per heavy atom. The topological polar surface area (TPSA) is 281 Å². The number of ether oxygens (including phenoxy) is 1. The maximum atomic E-state index is 13.1. The molecule has 45 heavy (non-hydrogen) atoms. The smallest absolute Gasteiger partial charge is 0.418 e. The number of aliphatic carboxylic acids is 1. The molecule has 1 aromatic heterocycles. The van der Waals surface area contributed by atoms with Gasteiger partial charge in [-0.05, 0) is 57.5 Å². The van der Waals surface area contributed by atoms with Crippen molar-refractivity contribution in [1.29, 1.82) is 5.41 Å². The predicted octanol–water partition coefficient (Wildman–Crippen LogP) is -1.12. The number of β-lactam (4-membered cyclic amide) rings is 1. The van der Waals surface area contributed by atoms with Gasteiger partial charge in [0, 0.05) is 29.7 Å². The van der Waals surface area contributed by atoms with Crippen LogP contribution in [-0.2, 0) is 33.9 Å². The second-order valence-corrected chi connectivity index (χ2v) is 12.2. The van der Waals surface area contributed by atoms with Crippen molar-refractivity contribution in [3.8, 4) is 5.75 Å². The molecule has 21 heteroatoms. The molecule has 4 rings (SSSR count). The number of anilines is 1. The lowest BCUT2D eigenvalue weighted by Gasteiger charge is -2.50. The molecule has 3 atom stereocenters. The normalized spacial score (nSPS) is 20.5. The molecule has 19 nitrogen and oxygen atoms in total. The van der Waals surface area contributed by atoms with Gasteiger partial charge in [0.15, 0.2) is 5.13 Å². The summed E-state index contributed by atoms with van der Waals surface area (Å²) in [7, 11) is -5.03. The Morgan fingerprint density at radius 1 is 1.31 bits per heavy atom. The highest BCUT2D eigenvalue weighted by atomic mass is 32.3. The monoisotopic (exact) mass is 669 g/mol. The molecule has 1 aromatic carbocycles. The van der Waals surface area contributed by atoms with Crippen molar-refractivity contribution in [2.75, 3.05) is 25.4 Å². The van der Waals surface area contributed by atoms with E-state index in [1.807, 2.05) is 0 Å². The van der Waals surface area contributed by atoms with Gasteiger partial charge in [0.1, 0.15) is 24.2 Å². The summed E-state index contributed by atoms with van der Waals surface area (Å²) in [6, 6.07) is 5.18. The number of nitrogen functional groups attached to an aromatic ring is 1. The van der Waals surface area contributed by atoms with E-state index in [1.165, 1.54) is 13.8 Å². The lowest BCUT2D eigenvalue weighted by Crippen LogP contribution is -2.76.